The molecule has 0 amide bonds. The highest BCUT2D eigenvalue weighted by Gasteiger charge is 2.07. The Bertz CT molecular complexity index is 469. The first kappa shape index (κ1) is 14.3. The van der Waals surface area contributed by atoms with Crippen LogP contribution in [-0.2, 0) is 9.84 Å². The lowest BCUT2D eigenvalue weighted by atomic mass is 10.2. The van der Waals surface area contributed by atoms with Crippen molar-refractivity contribution in [1.29, 1.82) is 0 Å². The van der Waals surface area contributed by atoms with Crippen molar-refractivity contribution in [2.45, 2.75) is 20.3 Å². The van der Waals surface area contributed by atoms with Gasteiger partial charge in [0.25, 0.3) is 0 Å². The summed E-state index contributed by atoms with van der Waals surface area (Å²) >= 11 is 5.85. The Kier molecular flexibility index (Phi) is 5.28. The number of sulfone groups is 1. The molecule has 0 aliphatic carbocycles. The number of ether oxygens (including phenoxy) is 1. The van der Waals surface area contributed by atoms with Crippen LogP contribution in [0.4, 0.5) is 0 Å². The van der Waals surface area contributed by atoms with Gasteiger partial charge in [0.05, 0.1) is 12.4 Å². The van der Waals surface area contributed by atoms with Gasteiger partial charge in [-0.05, 0) is 31.0 Å². The van der Waals surface area contributed by atoms with Gasteiger partial charge in [-0.2, -0.15) is 0 Å². The molecule has 1 aromatic carbocycles. The lowest BCUT2D eigenvalue weighted by molar-refractivity contribution is 0.315. The van der Waals surface area contributed by atoms with Crippen LogP contribution in [0.1, 0.15) is 18.9 Å². The minimum absolute atomic E-state index is 0.170. The molecular formula is C12H17ClO3S. The zero-order chi connectivity index (χ0) is 12.9. The SMILES string of the molecule is CCS(=O)(=O)CCCOc1cc(Cl)ccc1C. The number of benzene rings is 1. The minimum atomic E-state index is -2.90. The molecule has 0 heterocycles. The van der Waals surface area contributed by atoms with Crippen LogP contribution in [0.15, 0.2) is 18.2 Å². The molecule has 0 radical (unpaired) electrons. The van der Waals surface area contributed by atoms with Crippen molar-refractivity contribution < 1.29 is 13.2 Å². The van der Waals surface area contributed by atoms with Crippen molar-refractivity contribution in [2.24, 2.45) is 0 Å². The third kappa shape index (κ3) is 4.96. The highest BCUT2D eigenvalue weighted by molar-refractivity contribution is 7.91. The van der Waals surface area contributed by atoms with Crippen molar-refractivity contribution in [3.63, 3.8) is 0 Å². The maximum absolute atomic E-state index is 11.3. The molecule has 1 rings (SSSR count). The summed E-state index contributed by atoms with van der Waals surface area (Å²) in [6, 6.07) is 5.41. The quantitative estimate of drug-likeness (QED) is 0.751. The molecular weight excluding hydrogens is 260 g/mol. The maximum Gasteiger partial charge on any atom is 0.150 e. The van der Waals surface area contributed by atoms with E-state index in [0.29, 0.717) is 23.8 Å². The van der Waals surface area contributed by atoms with E-state index < -0.39 is 9.84 Å². The van der Waals surface area contributed by atoms with E-state index in [1.54, 1.807) is 19.1 Å². The Hall–Kier alpha value is -0.740. The summed E-state index contributed by atoms with van der Waals surface area (Å²) in [5.41, 5.74) is 0.993. The minimum Gasteiger partial charge on any atom is -0.493 e. The average molecular weight is 277 g/mol. The molecule has 0 atom stereocenters. The van der Waals surface area contributed by atoms with Crippen LogP contribution in [0.25, 0.3) is 0 Å². The van der Waals surface area contributed by atoms with Crippen LogP contribution in [0.3, 0.4) is 0 Å². The number of aryl methyl sites for hydroxylation is 1. The summed E-state index contributed by atoms with van der Waals surface area (Å²) in [5, 5.41) is 0.617. The molecule has 0 aliphatic heterocycles. The van der Waals surface area contributed by atoms with E-state index in [9.17, 15) is 8.42 Å². The van der Waals surface area contributed by atoms with Gasteiger partial charge < -0.3 is 4.74 Å². The monoisotopic (exact) mass is 276 g/mol. The van der Waals surface area contributed by atoms with Gasteiger partial charge in [0.15, 0.2) is 0 Å². The molecule has 0 unspecified atom stereocenters. The van der Waals surface area contributed by atoms with Crippen LogP contribution in [0.5, 0.6) is 5.75 Å². The average Bonchev–Trinajstić information content (AvgIpc) is 2.29. The molecule has 0 fully saturated rings. The van der Waals surface area contributed by atoms with Gasteiger partial charge in [0.1, 0.15) is 15.6 Å². The molecule has 0 saturated carbocycles. The van der Waals surface area contributed by atoms with Gasteiger partial charge in [-0.1, -0.05) is 24.6 Å². The van der Waals surface area contributed by atoms with Crippen LogP contribution in [-0.4, -0.2) is 26.5 Å². The van der Waals surface area contributed by atoms with E-state index in [4.69, 9.17) is 16.3 Å². The molecule has 5 heteroatoms. The van der Waals surface area contributed by atoms with Crippen LogP contribution in [0, 0.1) is 6.92 Å². The largest absolute Gasteiger partial charge is 0.493 e. The number of hydrogen-bond donors (Lipinski definition) is 0. The van der Waals surface area contributed by atoms with E-state index in [0.717, 1.165) is 5.56 Å². The smallest absolute Gasteiger partial charge is 0.150 e. The second-order valence-corrected chi connectivity index (χ2v) is 6.76. The lowest BCUT2D eigenvalue weighted by Crippen LogP contribution is -2.12. The topological polar surface area (TPSA) is 43.4 Å². The van der Waals surface area contributed by atoms with Gasteiger partial charge in [0, 0.05) is 10.8 Å². The van der Waals surface area contributed by atoms with E-state index in [1.165, 1.54) is 0 Å². The van der Waals surface area contributed by atoms with Crippen molar-refractivity contribution in [1.82, 2.24) is 0 Å². The van der Waals surface area contributed by atoms with Gasteiger partial charge in [-0.3, -0.25) is 0 Å². The highest BCUT2D eigenvalue weighted by atomic mass is 35.5. The third-order valence-corrected chi connectivity index (χ3v) is 4.47. The normalized spacial score (nSPS) is 11.5. The fraction of sp³-hybridized carbons (Fsp3) is 0.500. The molecule has 0 aliphatic rings. The Morgan fingerprint density at radius 1 is 1.35 bits per heavy atom. The number of halogens is 1. The Morgan fingerprint density at radius 3 is 2.71 bits per heavy atom. The first-order valence-corrected chi connectivity index (χ1v) is 7.74. The Balaban J connectivity index is 2.44. The van der Waals surface area contributed by atoms with Gasteiger partial charge in [-0.25, -0.2) is 8.42 Å². The standard InChI is InChI=1S/C12H17ClO3S/c1-3-17(14,15)8-4-7-16-12-9-11(13)6-5-10(12)2/h5-6,9H,3-4,7-8H2,1-2H3. The first-order valence-electron chi connectivity index (χ1n) is 5.54. The molecule has 96 valence electrons. The predicted molar refractivity (Wildman–Crippen MR) is 70.6 cm³/mol. The van der Waals surface area contributed by atoms with Gasteiger partial charge in [0.2, 0.25) is 0 Å². The summed E-state index contributed by atoms with van der Waals surface area (Å²) in [6.45, 7) is 3.96. The molecule has 0 bridgehead atoms. The van der Waals surface area contributed by atoms with E-state index in [1.807, 2.05) is 13.0 Å². The molecule has 1 aromatic rings. The van der Waals surface area contributed by atoms with Crippen molar-refractivity contribution >= 4 is 21.4 Å². The van der Waals surface area contributed by atoms with Crippen LogP contribution >= 0.6 is 11.6 Å². The molecule has 0 spiro atoms. The van der Waals surface area contributed by atoms with Crippen LogP contribution in [0.2, 0.25) is 5.02 Å². The first-order chi connectivity index (χ1) is 7.94. The second kappa shape index (κ2) is 6.26. The fourth-order valence-electron chi connectivity index (χ4n) is 1.33. The molecule has 17 heavy (non-hydrogen) atoms. The van der Waals surface area contributed by atoms with E-state index in [2.05, 4.69) is 0 Å². The zero-order valence-corrected chi connectivity index (χ0v) is 11.6. The highest BCUT2D eigenvalue weighted by Crippen LogP contribution is 2.22. The van der Waals surface area contributed by atoms with Gasteiger partial charge >= 0.3 is 0 Å². The molecule has 0 saturated heterocycles. The predicted octanol–water partition coefficient (Wildman–Crippen LogP) is 2.85. The third-order valence-electron chi connectivity index (χ3n) is 2.45. The summed E-state index contributed by atoms with van der Waals surface area (Å²) in [5.74, 6) is 1.07. The van der Waals surface area contributed by atoms with Crippen LogP contribution < -0.4 is 4.74 Å². The van der Waals surface area contributed by atoms with Gasteiger partial charge in [-0.15, -0.1) is 0 Å². The Morgan fingerprint density at radius 2 is 2.06 bits per heavy atom. The second-order valence-electron chi connectivity index (χ2n) is 3.85. The van der Waals surface area contributed by atoms with Crippen molar-refractivity contribution in [3.8, 4) is 5.75 Å². The Labute approximate surface area is 108 Å². The summed E-state index contributed by atoms with van der Waals surface area (Å²) in [6.07, 6.45) is 0.502. The van der Waals surface area contributed by atoms with Crippen molar-refractivity contribution in [3.05, 3.63) is 28.8 Å². The lowest BCUT2D eigenvalue weighted by Gasteiger charge is -2.09. The molecule has 0 N–H and O–H groups in total. The molecule has 0 aromatic heterocycles. The van der Waals surface area contributed by atoms with Crippen molar-refractivity contribution in [2.75, 3.05) is 18.1 Å². The molecule has 3 nitrogen and oxygen atoms in total. The number of hydrogen-bond acceptors (Lipinski definition) is 3. The summed E-state index contributed by atoms with van der Waals surface area (Å²) in [7, 11) is -2.90. The summed E-state index contributed by atoms with van der Waals surface area (Å²) in [4.78, 5) is 0. The maximum atomic E-state index is 11.3. The van der Waals surface area contributed by atoms with E-state index in [-0.39, 0.29) is 11.5 Å². The number of rotatable bonds is 6. The fourth-order valence-corrected chi connectivity index (χ4v) is 2.34. The summed E-state index contributed by atoms with van der Waals surface area (Å²) < 4.78 is 28.0. The van der Waals surface area contributed by atoms with E-state index >= 15 is 0 Å². The zero-order valence-electron chi connectivity index (χ0n) is 10.1.